The number of carbonyl (C=O) groups excluding carboxylic acids is 2. The van der Waals surface area contributed by atoms with E-state index in [1.54, 1.807) is 30.5 Å². The first kappa shape index (κ1) is 18.8. The van der Waals surface area contributed by atoms with Crippen LogP contribution in [0, 0.1) is 5.92 Å². The minimum atomic E-state index is -0.106. The summed E-state index contributed by atoms with van der Waals surface area (Å²) in [4.78, 5) is 29.8. The van der Waals surface area contributed by atoms with Crippen LogP contribution >= 0.6 is 11.3 Å². The van der Waals surface area contributed by atoms with Crippen molar-refractivity contribution in [2.45, 2.75) is 19.3 Å². The molecule has 2 aromatic carbocycles. The molecule has 0 aliphatic heterocycles. The summed E-state index contributed by atoms with van der Waals surface area (Å²) in [7, 11) is 1.62. The van der Waals surface area contributed by atoms with E-state index in [0.29, 0.717) is 17.0 Å². The molecule has 1 aliphatic carbocycles. The first-order valence-corrected chi connectivity index (χ1v) is 11.0. The first-order valence-electron chi connectivity index (χ1n) is 10.1. The predicted molar refractivity (Wildman–Crippen MR) is 119 cm³/mol. The average Bonchev–Trinajstić information content (AvgIpc) is 3.29. The maximum Gasteiger partial charge on any atom is 0.251 e. The number of imidazole rings is 1. The minimum Gasteiger partial charge on any atom is -0.355 e. The van der Waals surface area contributed by atoms with Crippen LogP contribution < -0.4 is 10.6 Å². The second kappa shape index (κ2) is 7.57. The van der Waals surface area contributed by atoms with Gasteiger partial charge >= 0.3 is 0 Å². The van der Waals surface area contributed by atoms with Crippen LogP contribution in [-0.2, 0) is 0 Å². The summed E-state index contributed by atoms with van der Waals surface area (Å²) in [6, 6.07) is 13.2. The van der Waals surface area contributed by atoms with Crippen LogP contribution in [0.3, 0.4) is 0 Å². The first-order chi connectivity index (χ1) is 14.6. The number of thiazole rings is 1. The van der Waals surface area contributed by atoms with Crippen molar-refractivity contribution in [3.8, 4) is 11.3 Å². The Balaban J connectivity index is 1.40. The van der Waals surface area contributed by atoms with Crippen molar-refractivity contribution in [3.63, 3.8) is 0 Å². The van der Waals surface area contributed by atoms with Gasteiger partial charge in [0.15, 0.2) is 4.96 Å². The number of nitrogens with one attached hydrogen (secondary N) is 2. The van der Waals surface area contributed by atoms with Crippen molar-refractivity contribution in [3.05, 3.63) is 59.8 Å². The Morgan fingerprint density at radius 3 is 2.57 bits per heavy atom. The van der Waals surface area contributed by atoms with E-state index in [2.05, 4.69) is 15.0 Å². The number of hydrogen-bond donors (Lipinski definition) is 2. The summed E-state index contributed by atoms with van der Waals surface area (Å²) in [5.74, 6) is 0.532. The topological polar surface area (TPSA) is 75.5 Å². The van der Waals surface area contributed by atoms with Crippen molar-refractivity contribution >= 4 is 38.3 Å². The van der Waals surface area contributed by atoms with Crippen molar-refractivity contribution in [2.24, 2.45) is 5.92 Å². The molecule has 30 heavy (non-hydrogen) atoms. The predicted octanol–water partition coefficient (Wildman–Crippen LogP) is 4.11. The average molecular weight is 419 g/mol. The fraction of sp³-hybridized carbons (Fsp3) is 0.261. The molecule has 1 aliphatic rings. The highest BCUT2D eigenvalue weighted by Gasteiger charge is 2.19. The monoisotopic (exact) mass is 418 g/mol. The molecule has 0 spiro atoms. The van der Waals surface area contributed by atoms with Crippen molar-refractivity contribution in [1.82, 2.24) is 20.0 Å². The van der Waals surface area contributed by atoms with Gasteiger partial charge < -0.3 is 10.6 Å². The van der Waals surface area contributed by atoms with Crippen LogP contribution in [0.1, 0.15) is 40.0 Å². The summed E-state index contributed by atoms with van der Waals surface area (Å²) in [6.45, 7) is 0.771. The van der Waals surface area contributed by atoms with Crippen LogP contribution in [0.2, 0.25) is 0 Å². The lowest BCUT2D eigenvalue weighted by molar-refractivity contribution is 0.0937. The zero-order chi connectivity index (χ0) is 20.7. The largest absolute Gasteiger partial charge is 0.355 e. The van der Waals surface area contributed by atoms with Gasteiger partial charge in [0, 0.05) is 36.5 Å². The molecule has 6 nitrogen and oxygen atoms in total. The van der Waals surface area contributed by atoms with Crippen molar-refractivity contribution < 1.29 is 9.59 Å². The van der Waals surface area contributed by atoms with Crippen LogP contribution in [0.15, 0.2) is 48.7 Å². The second-order valence-corrected chi connectivity index (χ2v) is 8.74. The van der Waals surface area contributed by atoms with Crippen molar-refractivity contribution in [1.29, 1.82) is 0 Å². The highest BCUT2D eigenvalue weighted by molar-refractivity contribution is 7.23. The Labute approximate surface area is 177 Å². The lowest BCUT2D eigenvalue weighted by atomic mass is 9.85. The van der Waals surface area contributed by atoms with Gasteiger partial charge in [-0.2, -0.15) is 0 Å². The number of amides is 2. The Morgan fingerprint density at radius 1 is 1.10 bits per heavy atom. The molecule has 0 atom stereocenters. The van der Waals surface area contributed by atoms with Gasteiger partial charge in [-0.15, -0.1) is 0 Å². The van der Waals surface area contributed by atoms with Crippen LogP contribution in [0.25, 0.3) is 26.4 Å². The molecule has 0 radical (unpaired) electrons. The number of fused-ring (bicyclic) bond motifs is 3. The van der Waals surface area contributed by atoms with Gasteiger partial charge in [-0.3, -0.25) is 14.0 Å². The number of nitrogens with zero attached hydrogens (tertiary/aromatic N) is 2. The fourth-order valence-electron chi connectivity index (χ4n) is 3.75. The number of benzene rings is 2. The number of hydrogen-bond acceptors (Lipinski definition) is 4. The summed E-state index contributed by atoms with van der Waals surface area (Å²) in [6.07, 6.45) is 5.72. The molecule has 5 rings (SSSR count). The lowest BCUT2D eigenvalue weighted by Crippen LogP contribution is -2.32. The number of rotatable bonds is 5. The van der Waals surface area contributed by atoms with E-state index in [4.69, 9.17) is 4.98 Å². The maximum atomic E-state index is 12.5. The van der Waals surface area contributed by atoms with Gasteiger partial charge in [-0.05, 0) is 49.1 Å². The molecule has 2 heterocycles. The summed E-state index contributed by atoms with van der Waals surface area (Å²) in [5.41, 5.74) is 4.16. The molecule has 2 aromatic heterocycles. The molecule has 2 N–H and O–H groups in total. The molecule has 2 amide bonds. The SMILES string of the molecule is CNC(=O)c1ccc(-c2cn3c(n2)sc2cc(C(=O)NCC4CCC4)ccc23)cc1. The molecule has 0 bridgehead atoms. The Kier molecular flexibility index (Phi) is 4.75. The molecule has 4 aromatic rings. The highest BCUT2D eigenvalue weighted by atomic mass is 32.1. The summed E-state index contributed by atoms with van der Waals surface area (Å²) < 4.78 is 3.09. The minimum absolute atomic E-state index is 0.00765. The molecule has 0 saturated heterocycles. The Hall–Kier alpha value is -3.19. The van der Waals surface area contributed by atoms with Gasteiger partial charge in [-0.25, -0.2) is 4.98 Å². The highest BCUT2D eigenvalue weighted by Crippen LogP contribution is 2.30. The normalized spacial score (nSPS) is 14.0. The van der Waals surface area contributed by atoms with Gasteiger partial charge in [-0.1, -0.05) is 29.9 Å². The van der Waals surface area contributed by atoms with E-state index in [9.17, 15) is 9.59 Å². The summed E-state index contributed by atoms with van der Waals surface area (Å²) in [5, 5.41) is 5.68. The number of carbonyl (C=O) groups is 2. The summed E-state index contributed by atoms with van der Waals surface area (Å²) >= 11 is 1.57. The molecular weight excluding hydrogens is 396 g/mol. The van der Waals surface area contributed by atoms with E-state index < -0.39 is 0 Å². The quantitative estimate of drug-likeness (QED) is 0.512. The van der Waals surface area contributed by atoms with E-state index in [1.165, 1.54) is 19.3 Å². The fourth-order valence-corrected chi connectivity index (χ4v) is 4.80. The molecule has 1 fully saturated rings. The molecular formula is C23H22N4O2S. The molecule has 152 valence electrons. The third-order valence-corrected chi connectivity index (χ3v) is 6.82. The Bertz CT molecular complexity index is 1250. The van der Waals surface area contributed by atoms with Gasteiger partial charge in [0.05, 0.1) is 15.9 Å². The van der Waals surface area contributed by atoms with Gasteiger partial charge in [0.1, 0.15) is 0 Å². The standard InChI is InChI=1S/C23H22N4O2S/c1-24-21(28)16-7-5-15(6-8-16)18-13-27-19-10-9-17(11-20(19)30-23(27)26-18)22(29)25-12-14-3-2-4-14/h5-11,13-14H,2-4,12H2,1H3,(H,24,28)(H,25,29). The molecule has 1 saturated carbocycles. The van der Waals surface area contributed by atoms with Gasteiger partial charge in [0.25, 0.3) is 11.8 Å². The van der Waals surface area contributed by atoms with Crippen LogP contribution in [0.5, 0.6) is 0 Å². The van der Waals surface area contributed by atoms with Crippen molar-refractivity contribution in [2.75, 3.05) is 13.6 Å². The van der Waals surface area contributed by atoms with E-state index in [-0.39, 0.29) is 11.8 Å². The van der Waals surface area contributed by atoms with Crippen LogP contribution in [0.4, 0.5) is 0 Å². The maximum absolute atomic E-state index is 12.5. The third kappa shape index (κ3) is 3.35. The third-order valence-electron chi connectivity index (χ3n) is 5.80. The van der Waals surface area contributed by atoms with E-state index >= 15 is 0 Å². The van der Waals surface area contributed by atoms with Crippen LogP contribution in [-0.4, -0.2) is 34.8 Å². The number of aromatic nitrogens is 2. The Morgan fingerprint density at radius 2 is 1.87 bits per heavy atom. The zero-order valence-electron chi connectivity index (χ0n) is 16.6. The lowest BCUT2D eigenvalue weighted by Gasteiger charge is -2.25. The molecule has 0 unspecified atom stereocenters. The second-order valence-electron chi connectivity index (χ2n) is 7.73. The van der Waals surface area contributed by atoms with Gasteiger partial charge in [0.2, 0.25) is 0 Å². The van der Waals surface area contributed by atoms with E-state index in [0.717, 1.165) is 33.0 Å². The molecule has 7 heteroatoms. The zero-order valence-corrected chi connectivity index (χ0v) is 17.5. The van der Waals surface area contributed by atoms with E-state index in [1.807, 2.05) is 36.5 Å². The smallest absolute Gasteiger partial charge is 0.251 e.